The van der Waals surface area contributed by atoms with E-state index in [2.05, 4.69) is 10.4 Å². The molecule has 0 spiro atoms. The van der Waals surface area contributed by atoms with Crippen molar-refractivity contribution in [2.75, 3.05) is 5.32 Å². The Hall–Kier alpha value is -3.35. The molecule has 27 heavy (non-hydrogen) atoms. The quantitative estimate of drug-likeness (QED) is 0.217. The Morgan fingerprint density at radius 3 is 2.07 bits per heavy atom. The first-order valence-electron chi connectivity index (χ1n) is 7.97. The van der Waals surface area contributed by atoms with E-state index in [-0.39, 0.29) is 22.6 Å². The Bertz CT molecular complexity index is 981. The van der Waals surface area contributed by atoms with Gasteiger partial charge in [-0.25, -0.2) is 4.39 Å². The second kappa shape index (κ2) is 7.49. The Morgan fingerprint density at radius 2 is 1.41 bits per heavy atom. The van der Waals surface area contributed by atoms with Crippen molar-refractivity contribution in [1.29, 1.82) is 0 Å². The molecule has 0 amide bonds. The van der Waals surface area contributed by atoms with E-state index in [4.69, 9.17) is 5.84 Å². The minimum absolute atomic E-state index is 0.0166. The molecule has 3 aromatic carbocycles. The van der Waals surface area contributed by atoms with Crippen LogP contribution in [0.15, 0.2) is 77.9 Å². The number of hydrogen-bond acceptors (Lipinski definition) is 2. The van der Waals surface area contributed by atoms with Crippen molar-refractivity contribution in [2.24, 2.45) is 10.9 Å². The molecule has 0 radical (unpaired) electrons. The molecule has 0 bridgehead atoms. The number of rotatable bonds is 3. The van der Waals surface area contributed by atoms with Crippen LogP contribution in [0.2, 0.25) is 0 Å². The van der Waals surface area contributed by atoms with Crippen molar-refractivity contribution >= 4 is 11.5 Å². The molecule has 3 aromatic rings. The van der Waals surface area contributed by atoms with Crippen LogP contribution in [0.4, 0.5) is 23.2 Å². The van der Waals surface area contributed by atoms with Gasteiger partial charge in [0.1, 0.15) is 5.82 Å². The standard InChI is InChI=1S/C20H15F4N3/c21-17-11-5-6-12-18(17)26-19(27-25)15-9-2-1-7-13(15)14-8-3-4-10-16(14)20(22,23)24/h1-12H,25H2,(H,26,27). The Kier molecular flexibility index (Phi) is 5.12. The zero-order valence-corrected chi connectivity index (χ0v) is 14.0. The molecule has 3 N–H and O–H groups in total. The van der Waals surface area contributed by atoms with Crippen molar-refractivity contribution in [2.45, 2.75) is 6.18 Å². The summed E-state index contributed by atoms with van der Waals surface area (Å²) in [4.78, 5) is 0. The molecule has 0 aliphatic heterocycles. The predicted molar refractivity (Wildman–Crippen MR) is 97.6 cm³/mol. The van der Waals surface area contributed by atoms with Crippen LogP contribution in [0.25, 0.3) is 11.1 Å². The van der Waals surface area contributed by atoms with Gasteiger partial charge in [-0.2, -0.15) is 18.3 Å². The molecule has 0 aliphatic rings. The maximum atomic E-state index is 13.9. The summed E-state index contributed by atoms with van der Waals surface area (Å²) in [5.74, 6) is 4.97. The monoisotopic (exact) mass is 373 g/mol. The fourth-order valence-corrected chi connectivity index (χ4v) is 2.75. The fraction of sp³-hybridized carbons (Fsp3) is 0.0500. The fourth-order valence-electron chi connectivity index (χ4n) is 2.75. The molecule has 0 fully saturated rings. The largest absolute Gasteiger partial charge is 0.417 e. The van der Waals surface area contributed by atoms with Crippen LogP contribution in [0.1, 0.15) is 11.1 Å². The second-order valence-electron chi connectivity index (χ2n) is 5.67. The van der Waals surface area contributed by atoms with Crippen LogP contribution in [-0.4, -0.2) is 5.84 Å². The maximum Gasteiger partial charge on any atom is 0.417 e. The van der Waals surface area contributed by atoms with E-state index in [9.17, 15) is 17.6 Å². The third-order valence-electron chi connectivity index (χ3n) is 3.96. The minimum Gasteiger partial charge on any atom is -0.336 e. The number of nitrogens with two attached hydrogens (primary N) is 1. The number of nitrogens with one attached hydrogen (secondary N) is 1. The van der Waals surface area contributed by atoms with E-state index in [1.165, 1.54) is 42.5 Å². The molecular formula is C20H15F4N3. The third kappa shape index (κ3) is 3.92. The van der Waals surface area contributed by atoms with Crippen LogP contribution in [-0.2, 0) is 6.18 Å². The van der Waals surface area contributed by atoms with Crippen molar-refractivity contribution in [1.82, 2.24) is 0 Å². The number of hydrazone groups is 1. The number of amidine groups is 1. The lowest BCUT2D eigenvalue weighted by Gasteiger charge is -2.17. The number of benzene rings is 3. The molecule has 0 atom stereocenters. The van der Waals surface area contributed by atoms with Crippen molar-refractivity contribution in [3.05, 3.63) is 89.7 Å². The van der Waals surface area contributed by atoms with E-state index in [0.29, 0.717) is 5.56 Å². The summed E-state index contributed by atoms with van der Waals surface area (Å²) in [5.41, 5.74) is -0.0872. The van der Waals surface area contributed by atoms with Gasteiger partial charge >= 0.3 is 6.18 Å². The number of halogens is 4. The Balaban J connectivity index is 2.11. The first kappa shape index (κ1) is 18.4. The lowest BCUT2D eigenvalue weighted by Crippen LogP contribution is -2.18. The zero-order valence-electron chi connectivity index (χ0n) is 14.0. The highest BCUT2D eigenvalue weighted by Gasteiger charge is 2.34. The topological polar surface area (TPSA) is 50.4 Å². The van der Waals surface area contributed by atoms with Gasteiger partial charge in [0, 0.05) is 5.56 Å². The number of anilines is 1. The lowest BCUT2D eigenvalue weighted by atomic mass is 9.94. The van der Waals surface area contributed by atoms with E-state index in [1.54, 1.807) is 24.3 Å². The van der Waals surface area contributed by atoms with E-state index < -0.39 is 17.6 Å². The van der Waals surface area contributed by atoms with Gasteiger partial charge in [-0.05, 0) is 29.3 Å². The Morgan fingerprint density at radius 1 is 0.815 bits per heavy atom. The average molecular weight is 373 g/mol. The summed E-state index contributed by atoms with van der Waals surface area (Å²) in [7, 11) is 0. The number of alkyl halides is 3. The Labute approximate surface area is 153 Å². The highest BCUT2D eigenvalue weighted by Crippen LogP contribution is 2.38. The van der Waals surface area contributed by atoms with Gasteiger partial charge in [-0.3, -0.25) is 0 Å². The maximum absolute atomic E-state index is 13.9. The van der Waals surface area contributed by atoms with E-state index in [0.717, 1.165) is 6.07 Å². The lowest BCUT2D eigenvalue weighted by molar-refractivity contribution is -0.137. The minimum atomic E-state index is -4.53. The molecule has 0 aromatic heterocycles. The van der Waals surface area contributed by atoms with Crippen molar-refractivity contribution in [3.63, 3.8) is 0 Å². The highest BCUT2D eigenvalue weighted by molar-refractivity contribution is 6.12. The predicted octanol–water partition coefficient (Wildman–Crippen LogP) is 5.24. The average Bonchev–Trinajstić information content (AvgIpc) is 2.67. The van der Waals surface area contributed by atoms with Gasteiger partial charge < -0.3 is 11.2 Å². The molecule has 0 saturated carbocycles. The normalized spacial score (nSPS) is 12.1. The molecule has 0 saturated heterocycles. The smallest absolute Gasteiger partial charge is 0.336 e. The van der Waals surface area contributed by atoms with Gasteiger partial charge in [0.05, 0.1) is 11.3 Å². The molecule has 7 heteroatoms. The summed E-state index contributed by atoms with van der Waals surface area (Å²) in [6, 6.07) is 17.5. The summed E-state index contributed by atoms with van der Waals surface area (Å²) in [6.07, 6.45) is -4.53. The van der Waals surface area contributed by atoms with E-state index in [1.807, 2.05) is 0 Å². The number of nitrogens with zero attached hydrogens (tertiary/aromatic N) is 1. The SMILES string of the molecule is N/N=C(\Nc1ccccc1F)c1ccccc1-c1ccccc1C(F)(F)F. The molecule has 0 heterocycles. The molecule has 138 valence electrons. The van der Waals surface area contributed by atoms with Crippen LogP contribution in [0.3, 0.4) is 0 Å². The van der Waals surface area contributed by atoms with Crippen LogP contribution in [0, 0.1) is 5.82 Å². The summed E-state index contributed by atoms with van der Waals surface area (Å²) in [6.45, 7) is 0. The second-order valence-corrected chi connectivity index (χ2v) is 5.67. The molecular weight excluding hydrogens is 358 g/mol. The number of para-hydroxylation sites is 1. The summed E-state index contributed by atoms with van der Waals surface area (Å²) >= 11 is 0. The zero-order chi connectivity index (χ0) is 19.4. The molecule has 0 unspecified atom stereocenters. The highest BCUT2D eigenvalue weighted by atomic mass is 19.4. The van der Waals surface area contributed by atoms with Gasteiger partial charge in [-0.15, -0.1) is 0 Å². The molecule has 3 nitrogen and oxygen atoms in total. The van der Waals surface area contributed by atoms with Gasteiger partial charge in [0.25, 0.3) is 0 Å². The van der Waals surface area contributed by atoms with Crippen LogP contribution in [0.5, 0.6) is 0 Å². The molecule has 3 rings (SSSR count). The summed E-state index contributed by atoms with van der Waals surface area (Å²) < 4.78 is 54.2. The molecule has 0 aliphatic carbocycles. The van der Waals surface area contributed by atoms with Crippen LogP contribution < -0.4 is 11.2 Å². The van der Waals surface area contributed by atoms with Crippen molar-refractivity contribution in [3.8, 4) is 11.1 Å². The van der Waals surface area contributed by atoms with E-state index >= 15 is 0 Å². The van der Waals surface area contributed by atoms with Crippen LogP contribution >= 0.6 is 0 Å². The first-order valence-corrected chi connectivity index (χ1v) is 7.97. The van der Waals surface area contributed by atoms with Gasteiger partial charge in [-0.1, -0.05) is 54.6 Å². The first-order chi connectivity index (χ1) is 12.9. The van der Waals surface area contributed by atoms with Gasteiger partial charge in [0.2, 0.25) is 0 Å². The van der Waals surface area contributed by atoms with Gasteiger partial charge in [0.15, 0.2) is 5.84 Å². The van der Waals surface area contributed by atoms with Crippen molar-refractivity contribution < 1.29 is 17.6 Å². The summed E-state index contributed by atoms with van der Waals surface area (Å²) in [5, 5.41) is 6.38. The number of hydrogen-bond donors (Lipinski definition) is 2. The third-order valence-corrected chi connectivity index (χ3v) is 3.96.